The molecule has 6 aromatic carbocycles. The summed E-state index contributed by atoms with van der Waals surface area (Å²) in [5.41, 5.74) is 18.1. The second-order valence-electron chi connectivity index (χ2n) is 10.6. The van der Waals surface area contributed by atoms with E-state index in [1.807, 2.05) is 0 Å². The molecule has 178 valence electrons. The predicted octanol–water partition coefficient (Wildman–Crippen LogP) is 9.09. The van der Waals surface area contributed by atoms with Crippen LogP contribution in [0.2, 0.25) is 0 Å². The first kappa shape index (κ1) is 22.0. The van der Waals surface area contributed by atoms with E-state index in [1.165, 1.54) is 71.6 Å². The van der Waals surface area contributed by atoms with E-state index in [2.05, 4.69) is 129 Å². The summed E-state index contributed by atoms with van der Waals surface area (Å²) >= 11 is 0. The molecule has 1 aliphatic carbocycles. The fourth-order valence-electron chi connectivity index (χ4n) is 6.57. The zero-order chi connectivity index (χ0) is 25.1. The molecule has 0 saturated heterocycles. The van der Waals surface area contributed by atoms with Crippen LogP contribution in [-0.4, -0.2) is 0 Å². The van der Waals surface area contributed by atoms with Crippen molar-refractivity contribution < 1.29 is 0 Å². The normalized spacial score (nSPS) is 13.6. The SMILES string of the molecule is CC1(C)c2ccccc2-c2c(-c3ccc(-c4c(CN)c5ccccc5c5ccccc45)cc3)cccc21. The lowest BCUT2D eigenvalue weighted by Gasteiger charge is -2.21. The Morgan fingerprint density at radius 2 is 1.03 bits per heavy atom. The Morgan fingerprint density at radius 1 is 0.486 bits per heavy atom. The molecular formula is C36H29N. The molecule has 1 heteroatoms. The second kappa shape index (κ2) is 8.16. The molecule has 2 N–H and O–H groups in total. The summed E-state index contributed by atoms with van der Waals surface area (Å²) < 4.78 is 0. The summed E-state index contributed by atoms with van der Waals surface area (Å²) in [6.45, 7) is 5.17. The molecule has 1 nitrogen and oxygen atoms in total. The van der Waals surface area contributed by atoms with Crippen molar-refractivity contribution in [2.75, 3.05) is 0 Å². The lowest BCUT2D eigenvalue weighted by molar-refractivity contribution is 0.660. The molecule has 0 bridgehead atoms. The molecule has 0 amide bonds. The van der Waals surface area contributed by atoms with Crippen LogP contribution in [-0.2, 0) is 12.0 Å². The van der Waals surface area contributed by atoms with E-state index in [0.717, 1.165) is 0 Å². The van der Waals surface area contributed by atoms with Gasteiger partial charge in [0.15, 0.2) is 0 Å². The van der Waals surface area contributed by atoms with E-state index in [4.69, 9.17) is 5.73 Å². The molecule has 0 atom stereocenters. The smallest absolute Gasteiger partial charge is 0.0190 e. The summed E-state index contributed by atoms with van der Waals surface area (Å²) in [6.07, 6.45) is 0. The van der Waals surface area contributed by atoms with Gasteiger partial charge in [0.2, 0.25) is 0 Å². The van der Waals surface area contributed by atoms with Gasteiger partial charge in [0.25, 0.3) is 0 Å². The fourth-order valence-corrected chi connectivity index (χ4v) is 6.57. The Balaban J connectivity index is 1.43. The molecule has 7 rings (SSSR count). The largest absolute Gasteiger partial charge is 0.326 e. The van der Waals surface area contributed by atoms with Crippen LogP contribution in [0.3, 0.4) is 0 Å². The number of nitrogens with two attached hydrogens (primary N) is 1. The average Bonchev–Trinajstić information content (AvgIpc) is 3.19. The van der Waals surface area contributed by atoms with Crippen molar-refractivity contribution in [3.05, 3.63) is 132 Å². The van der Waals surface area contributed by atoms with Crippen molar-refractivity contribution in [2.45, 2.75) is 25.8 Å². The van der Waals surface area contributed by atoms with Crippen LogP contribution in [0.1, 0.15) is 30.5 Å². The molecule has 0 aromatic heterocycles. The van der Waals surface area contributed by atoms with Gasteiger partial charge in [-0.25, -0.2) is 0 Å². The molecule has 0 aliphatic heterocycles. The van der Waals surface area contributed by atoms with Gasteiger partial charge in [-0.1, -0.05) is 129 Å². The molecule has 0 spiro atoms. The summed E-state index contributed by atoms with van der Waals surface area (Å²) in [5.74, 6) is 0. The van der Waals surface area contributed by atoms with E-state index in [0.29, 0.717) is 6.54 Å². The van der Waals surface area contributed by atoms with Gasteiger partial charge in [-0.05, 0) is 71.6 Å². The standard InChI is InChI=1S/C36H29N/c1-36(2)32-16-8-7-14-30(32)35-25(15-9-17-33(35)36)23-18-20-24(21-19-23)34-29-13-6-5-11-27(29)26-10-3-4-12-28(26)31(34)22-37/h3-21H,22,37H2,1-2H3. The summed E-state index contributed by atoms with van der Waals surface area (Å²) in [7, 11) is 0. The molecule has 0 saturated carbocycles. The number of hydrogen-bond donors (Lipinski definition) is 1. The van der Waals surface area contributed by atoms with E-state index in [9.17, 15) is 0 Å². The third-order valence-electron chi connectivity index (χ3n) is 8.34. The zero-order valence-corrected chi connectivity index (χ0v) is 21.3. The highest BCUT2D eigenvalue weighted by Gasteiger charge is 2.36. The van der Waals surface area contributed by atoms with Crippen LogP contribution in [0.4, 0.5) is 0 Å². The molecule has 0 unspecified atom stereocenters. The van der Waals surface area contributed by atoms with Crippen molar-refractivity contribution in [1.29, 1.82) is 0 Å². The van der Waals surface area contributed by atoms with Crippen LogP contribution in [0, 0.1) is 0 Å². The fraction of sp³-hybridized carbons (Fsp3) is 0.111. The quantitative estimate of drug-likeness (QED) is 0.254. The highest BCUT2D eigenvalue weighted by Crippen LogP contribution is 2.52. The van der Waals surface area contributed by atoms with E-state index < -0.39 is 0 Å². The Morgan fingerprint density at radius 3 is 1.76 bits per heavy atom. The number of hydrogen-bond acceptors (Lipinski definition) is 1. The minimum atomic E-state index is 0.00190. The summed E-state index contributed by atoms with van der Waals surface area (Å²) in [6, 6.07) is 42.1. The van der Waals surface area contributed by atoms with Gasteiger partial charge >= 0.3 is 0 Å². The average molecular weight is 476 g/mol. The van der Waals surface area contributed by atoms with Crippen LogP contribution < -0.4 is 5.73 Å². The molecule has 0 radical (unpaired) electrons. The highest BCUT2D eigenvalue weighted by atomic mass is 14.5. The van der Waals surface area contributed by atoms with Gasteiger partial charge in [0.1, 0.15) is 0 Å². The number of rotatable bonds is 3. The van der Waals surface area contributed by atoms with Gasteiger partial charge < -0.3 is 5.73 Å². The zero-order valence-electron chi connectivity index (χ0n) is 21.3. The minimum absolute atomic E-state index is 0.00190. The first-order chi connectivity index (χ1) is 18.1. The van der Waals surface area contributed by atoms with Gasteiger partial charge in [0.05, 0.1) is 0 Å². The molecule has 6 aromatic rings. The third-order valence-corrected chi connectivity index (χ3v) is 8.34. The van der Waals surface area contributed by atoms with Crippen LogP contribution in [0.25, 0.3) is 54.9 Å². The third kappa shape index (κ3) is 3.14. The molecular weight excluding hydrogens is 446 g/mol. The van der Waals surface area contributed by atoms with Crippen LogP contribution >= 0.6 is 0 Å². The first-order valence-electron chi connectivity index (χ1n) is 13.1. The second-order valence-corrected chi connectivity index (χ2v) is 10.6. The van der Waals surface area contributed by atoms with Crippen molar-refractivity contribution >= 4 is 21.5 Å². The van der Waals surface area contributed by atoms with E-state index in [1.54, 1.807) is 0 Å². The Labute approximate surface area is 218 Å². The Hall–Kier alpha value is -4.20. The predicted molar refractivity (Wildman–Crippen MR) is 158 cm³/mol. The van der Waals surface area contributed by atoms with Crippen molar-refractivity contribution in [3.63, 3.8) is 0 Å². The maximum absolute atomic E-state index is 6.40. The summed E-state index contributed by atoms with van der Waals surface area (Å²) in [5, 5.41) is 5.03. The lowest BCUT2D eigenvalue weighted by atomic mass is 9.82. The van der Waals surface area contributed by atoms with E-state index in [-0.39, 0.29) is 5.41 Å². The maximum atomic E-state index is 6.40. The molecule has 1 aliphatic rings. The first-order valence-corrected chi connectivity index (χ1v) is 13.1. The Bertz CT molecular complexity index is 1820. The maximum Gasteiger partial charge on any atom is 0.0190 e. The van der Waals surface area contributed by atoms with Gasteiger partial charge in [-0.15, -0.1) is 0 Å². The number of benzene rings is 6. The van der Waals surface area contributed by atoms with Crippen molar-refractivity contribution in [2.24, 2.45) is 5.73 Å². The molecule has 37 heavy (non-hydrogen) atoms. The van der Waals surface area contributed by atoms with Gasteiger partial charge in [-0.2, -0.15) is 0 Å². The molecule has 0 heterocycles. The minimum Gasteiger partial charge on any atom is -0.326 e. The van der Waals surface area contributed by atoms with Crippen molar-refractivity contribution in [3.8, 4) is 33.4 Å². The highest BCUT2D eigenvalue weighted by molar-refractivity contribution is 6.16. The number of fused-ring (bicyclic) bond motifs is 6. The molecule has 0 fully saturated rings. The van der Waals surface area contributed by atoms with Gasteiger partial charge in [0, 0.05) is 12.0 Å². The van der Waals surface area contributed by atoms with E-state index >= 15 is 0 Å². The Kier molecular flexibility index (Phi) is 4.86. The van der Waals surface area contributed by atoms with Crippen LogP contribution in [0.15, 0.2) is 115 Å². The monoisotopic (exact) mass is 475 g/mol. The van der Waals surface area contributed by atoms with Crippen LogP contribution in [0.5, 0.6) is 0 Å². The summed E-state index contributed by atoms with van der Waals surface area (Å²) in [4.78, 5) is 0. The lowest BCUT2D eigenvalue weighted by Crippen LogP contribution is -2.14. The van der Waals surface area contributed by atoms with Gasteiger partial charge in [-0.3, -0.25) is 0 Å². The topological polar surface area (TPSA) is 26.0 Å². The van der Waals surface area contributed by atoms with Crippen molar-refractivity contribution in [1.82, 2.24) is 0 Å².